The summed E-state index contributed by atoms with van der Waals surface area (Å²) in [5, 5.41) is 15.2. The monoisotopic (exact) mass is 307 g/mol. The number of hydrogen-bond donors (Lipinski definition) is 3. The maximum Gasteiger partial charge on any atom is 0.315 e. The van der Waals surface area contributed by atoms with Crippen LogP contribution in [-0.2, 0) is 0 Å². The van der Waals surface area contributed by atoms with Crippen LogP contribution in [0.3, 0.4) is 0 Å². The predicted molar refractivity (Wildman–Crippen MR) is 86.6 cm³/mol. The molecule has 3 aliphatic rings. The minimum Gasteiger partial charge on any atom is -0.396 e. The Kier molecular flexibility index (Phi) is 5.37. The average molecular weight is 307 g/mol. The van der Waals surface area contributed by atoms with E-state index in [1.54, 1.807) is 0 Å². The Hall–Kier alpha value is -1.07. The van der Waals surface area contributed by atoms with E-state index in [0.29, 0.717) is 6.04 Å². The molecule has 1 saturated heterocycles. The van der Waals surface area contributed by atoms with Gasteiger partial charge in [-0.25, -0.2) is 4.79 Å². The van der Waals surface area contributed by atoms with Gasteiger partial charge in [-0.05, 0) is 32.1 Å². The van der Waals surface area contributed by atoms with E-state index < -0.39 is 0 Å². The van der Waals surface area contributed by atoms with Crippen molar-refractivity contribution in [1.82, 2.24) is 15.5 Å². The fraction of sp³-hybridized carbons (Fsp3) is 0.824. The second-order valence-electron chi connectivity index (χ2n) is 7.04. The lowest BCUT2D eigenvalue weighted by atomic mass is 10.0. The highest BCUT2D eigenvalue weighted by Gasteiger charge is 2.28. The van der Waals surface area contributed by atoms with Crippen molar-refractivity contribution >= 4 is 6.03 Å². The number of carbonyl (C=O) groups is 1. The lowest BCUT2D eigenvalue weighted by Gasteiger charge is -2.36. The fourth-order valence-corrected chi connectivity index (χ4v) is 4.09. The normalized spacial score (nSPS) is 30.8. The number of aliphatic hydroxyl groups excluding tert-OH is 1. The van der Waals surface area contributed by atoms with E-state index in [1.807, 2.05) is 12.2 Å². The van der Waals surface area contributed by atoms with Crippen LogP contribution in [0.15, 0.2) is 12.2 Å². The van der Waals surface area contributed by atoms with E-state index in [0.717, 1.165) is 38.4 Å². The van der Waals surface area contributed by atoms with Gasteiger partial charge in [-0.1, -0.05) is 25.0 Å². The van der Waals surface area contributed by atoms with Gasteiger partial charge in [0.1, 0.15) is 0 Å². The van der Waals surface area contributed by atoms with Crippen LogP contribution in [0.2, 0.25) is 0 Å². The third kappa shape index (κ3) is 4.02. The highest BCUT2D eigenvalue weighted by atomic mass is 16.3. The lowest BCUT2D eigenvalue weighted by molar-refractivity contribution is 0.145. The van der Waals surface area contributed by atoms with Gasteiger partial charge < -0.3 is 20.6 Å². The van der Waals surface area contributed by atoms with Crippen LogP contribution < -0.4 is 10.6 Å². The third-order valence-electron chi connectivity index (χ3n) is 5.43. The summed E-state index contributed by atoms with van der Waals surface area (Å²) in [5.41, 5.74) is 0. The summed E-state index contributed by atoms with van der Waals surface area (Å²) in [7, 11) is 0. The minimum atomic E-state index is -0.0624. The standard InChI is InChI=1S/C17H29N3O2/c21-12-13-5-6-15(11-13)19-17(22)18-14-7-9-20(10-8-14)16-3-1-2-4-16/h5-6,13-16,21H,1-4,7-12H2,(H2,18,19,22)/t13-,15+/m0/s1. The van der Waals surface area contributed by atoms with Gasteiger partial charge in [0.25, 0.3) is 0 Å². The van der Waals surface area contributed by atoms with Crippen molar-refractivity contribution in [2.24, 2.45) is 5.92 Å². The molecule has 5 nitrogen and oxygen atoms in total. The summed E-state index contributed by atoms with van der Waals surface area (Å²) in [6.45, 7) is 2.40. The first-order chi connectivity index (χ1) is 10.7. The van der Waals surface area contributed by atoms with Crippen molar-refractivity contribution in [2.75, 3.05) is 19.7 Å². The number of aliphatic hydroxyl groups is 1. The van der Waals surface area contributed by atoms with Gasteiger partial charge in [0.15, 0.2) is 0 Å². The number of nitrogens with zero attached hydrogens (tertiary/aromatic N) is 1. The summed E-state index contributed by atoms with van der Waals surface area (Å²) in [4.78, 5) is 14.7. The van der Waals surface area contributed by atoms with Crippen molar-refractivity contribution in [3.63, 3.8) is 0 Å². The topological polar surface area (TPSA) is 64.6 Å². The maximum absolute atomic E-state index is 12.1. The molecule has 3 rings (SSSR count). The van der Waals surface area contributed by atoms with Gasteiger partial charge in [0, 0.05) is 43.7 Å². The molecule has 0 aromatic carbocycles. The first-order valence-electron chi connectivity index (χ1n) is 8.85. The molecule has 5 heteroatoms. The van der Waals surface area contributed by atoms with Crippen LogP contribution >= 0.6 is 0 Å². The quantitative estimate of drug-likeness (QED) is 0.692. The highest BCUT2D eigenvalue weighted by Crippen LogP contribution is 2.26. The van der Waals surface area contributed by atoms with Crippen molar-refractivity contribution in [3.8, 4) is 0 Å². The molecule has 0 radical (unpaired) electrons. The van der Waals surface area contributed by atoms with Crippen molar-refractivity contribution in [3.05, 3.63) is 12.2 Å². The number of rotatable bonds is 4. The van der Waals surface area contributed by atoms with Gasteiger partial charge in [0.2, 0.25) is 0 Å². The minimum absolute atomic E-state index is 0.0624. The molecule has 2 fully saturated rings. The van der Waals surface area contributed by atoms with Crippen LogP contribution in [0, 0.1) is 5.92 Å². The van der Waals surface area contributed by atoms with E-state index in [9.17, 15) is 4.79 Å². The second kappa shape index (κ2) is 7.47. The van der Waals surface area contributed by atoms with Crippen molar-refractivity contribution in [2.45, 2.75) is 63.1 Å². The molecule has 0 aromatic heterocycles. The zero-order chi connectivity index (χ0) is 15.4. The molecule has 3 N–H and O–H groups in total. The number of nitrogens with one attached hydrogen (secondary N) is 2. The Bertz CT molecular complexity index is 399. The molecule has 0 spiro atoms. The molecule has 124 valence electrons. The van der Waals surface area contributed by atoms with Crippen molar-refractivity contribution < 1.29 is 9.90 Å². The van der Waals surface area contributed by atoms with Crippen LogP contribution in [-0.4, -0.2) is 53.9 Å². The highest BCUT2D eigenvalue weighted by molar-refractivity contribution is 5.74. The van der Waals surface area contributed by atoms with Crippen LogP contribution in [0.25, 0.3) is 0 Å². The van der Waals surface area contributed by atoms with Gasteiger partial charge >= 0.3 is 6.03 Å². The molecule has 2 amide bonds. The zero-order valence-corrected chi connectivity index (χ0v) is 13.3. The Morgan fingerprint density at radius 3 is 2.45 bits per heavy atom. The second-order valence-corrected chi connectivity index (χ2v) is 7.04. The van der Waals surface area contributed by atoms with Gasteiger partial charge in [-0.2, -0.15) is 0 Å². The molecular formula is C17H29N3O2. The molecule has 0 unspecified atom stereocenters. The van der Waals surface area contributed by atoms with Gasteiger partial charge in [-0.15, -0.1) is 0 Å². The predicted octanol–water partition coefficient (Wildman–Crippen LogP) is 1.63. The molecule has 2 aliphatic carbocycles. The number of amides is 2. The molecular weight excluding hydrogens is 278 g/mol. The molecule has 1 saturated carbocycles. The first kappa shape index (κ1) is 15.8. The summed E-state index contributed by atoms with van der Waals surface area (Å²) >= 11 is 0. The SMILES string of the molecule is O=C(NC1CCN(C2CCCC2)CC1)N[C@@H]1C=C[C@H](CO)C1. The Morgan fingerprint density at radius 2 is 1.82 bits per heavy atom. The number of hydrogen-bond acceptors (Lipinski definition) is 3. The van der Waals surface area contributed by atoms with Crippen molar-refractivity contribution in [1.29, 1.82) is 0 Å². The Balaban J connectivity index is 1.35. The number of piperidine rings is 1. The van der Waals surface area contributed by atoms with E-state index >= 15 is 0 Å². The molecule has 2 atom stereocenters. The largest absolute Gasteiger partial charge is 0.396 e. The molecule has 1 aliphatic heterocycles. The van der Waals surface area contributed by atoms with E-state index in [-0.39, 0.29) is 24.6 Å². The smallest absolute Gasteiger partial charge is 0.315 e. The summed E-state index contributed by atoms with van der Waals surface area (Å²) in [6.07, 6.45) is 12.4. The summed E-state index contributed by atoms with van der Waals surface area (Å²) in [6, 6.07) is 1.11. The number of likely N-dealkylation sites (tertiary alicyclic amines) is 1. The Labute approximate surface area is 133 Å². The molecule has 22 heavy (non-hydrogen) atoms. The lowest BCUT2D eigenvalue weighted by Crippen LogP contribution is -2.51. The van der Waals surface area contributed by atoms with Gasteiger partial charge in [0.05, 0.1) is 0 Å². The Morgan fingerprint density at radius 1 is 1.09 bits per heavy atom. The first-order valence-corrected chi connectivity index (χ1v) is 8.85. The van der Waals surface area contributed by atoms with Crippen LogP contribution in [0.1, 0.15) is 44.9 Å². The van der Waals surface area contributed by atoms with Gasteiger partial charge in [-0.3, -0.25) is 0 Å². The zero-order valence-electron chi connectivity index (χ0n) is 13.3. The number of carbonyl (C=O) groups excluding carboxylic acids is 1. The van der Waals surface area contributed by atoms with E-state index in [4.69, 9.17) is 5.11 Å². The van der Waals surface area contributed by atoms with Crippen LogP contribution in [0.4, 0.5) is 4.79 Å². The maximum atomic E-state index is 12.1. The molecule has 1 heterocycles. The fourth-order valence-electron chi connectivity index (χ4n) is 4.09. The van der Waals surface area contributed by atoms with E-state index in [2.05, 4.69) is 15.5 Å². The third-order valence-corrected chi connectivity index (χ3v) is 5.43. The van der Waals surface area contributed by atoms with Crippen LogP contribution in [0.5, 0.6) is 0 Å². The number of urea groups is 1. The summed E-state index contributed by atoms with van der Waals surface area (Å²) < 4.78 is 0. The summed E-state index contributed by atoms with van der Waals surface area (Å²) in [5.74, 6) is 0.194. The molecule has 0 bridgehead atoms. The average Bonchev–Trinajstić information content (AvgIpc) is 3.19. The molecule has 0 aromatic rings. The van der Waals surface area contributed by atoms with E-state index in [1.165, 1.54) is 25.7 Å².